The number of pyridine rings is 1. The van der Waals surface area contributed by atoms with Crippen molar-refractivity contribution in [3.8, 4) is 11.8 Å². The lowest BCUT2D eigenvalue weighted by Gasteiger charge is -1.84. The van der Waals surface area contributed by atoms with Gasteiger partial charge in [-0.3, -0.25) is 5.10 Å². The first-order chi connectivity index (χ1) is 6.42. The Hall–Kier alpha value is -1.47. The van der Waals surface area contributed by atoms with Gasteiger partial charge in [0.1, 0.15) is 5.69 Å². The minimum absolute atomic E-state index is 0.542. The van der Waals surface area contributed by atoms with Gasteiger partial charge in [0, 0.05) is 6.20 Å². The number of hydrogen-bond donors (Lipinski definition) is 2. The molecule has 0 saturated heterocycles. The first-order valence-corrected chi connectivity index (χ1v) is 4.44. The highest BCUT2D eigenvalue weighted by atomic mass is 32.1. The lowest BCUT2D eigenvalue weighted by atomic mass is 10.3. The van der Waals surface area contributed by atoms with Gasteiger partial charge in [0.05, 0.1) is 11.1 Å². The summed E-state index contributed by atoms with van der Waals surface area (Å²) in [6.07, 6.45) is 1.71. The van der Waals surface area contributed by atoms with E-state index in [1.54, 1.807) is 6.20 Å². The van der Waals surface area contributed by atoms with E-state index in [2.05, 4.69) is 39.7 Å². The Morgan fingerprint density at radius 3 is 3.31 bits per heavy atom. The fourth-order valence-electron chi connectivity index (χ4n) is 1.07. The van der Waals surface area contributed by atoms with Crippen LogP contribution in [0.3, 0.4) is 0 Å². The number of fused-ring (bicyclic) bond motifs is 1. The van der Waals surface area contributed by atoms with E-state index in [4.69, 9.17) is 0 Å². The lowest BCUT2D eigenvalue weighted by molar-refractivity contribution is 1.08. The molecular formula is C9H7N3S. The van der Waals surface area contributed by atoms with Crippen LogP contribution in [0, 0.1) is 11.8 Å². The van der Waals surface area contributed by atoms with Gasteiger partial charge in [-0.1, -0.05) is 5.92 Å². The predicted molar refractivity (Wildman–Crippen MR) is 54.6 cm³/mol. The van der Waals surface area contributed by atoms with Gasteiger partial charge in [-0.2, -0.15) is 17.7 Å². The Labute approximate surface area is 81.0 Å². The second-order valence-corrected chi connectivity index (χ2v) is 2.75. The summed E-state index contributed by atoms with van der Waals surface area (Å²) in [5.74, 6) is 6.33. The number of thiol groups is 1. The quantitative estimate of drug-likeness (QED) is 0.483. The Morgan fingerprint density at radius 1 is 1.54 bits per heavy atom. The number of nitrogens with zero attached hydrogens (tertiary/aromatic N) is 2. The minimum Gasteiger partial charge on any atom is -0.267 e. The van der Waals surface area contributed by atoms with E-state index in [0.29, 0.717) is 11.4 Å². The molecule has 0 aliphatic rings. The van der Waals surface area contributed by atoms with E-state index < -0.39 is 0 Å². The van der Waals surface area contributed by atoms with Gasteiger partial charge < -0.3 is 0 Å². The molecule has 0 saturated carbocycles. The normalized spacial score (nSPS) is 9.62. The summed E-state index contributed by atoms with van der Waals surface area (Å²) >= 11 is 4.00. The molecule has 0 radical (unpaired) electrons. The van der Waals surface area contributed by atoms with E-state index in [-0.39, 0.29) is 0 Å². The third-order valence-corrected chi connectivity index (χ3v) is 1.78. The first-order valence-electron chi connectivity index (χ1n) is 3.80. The molecule has 1 N–H and O–H groups in total. The molecule has 0 bridgehead atoms. The maximum absolute atomic E-state index is 4.08. The third-order valence-electron chi connectivity index (χ3n) is 1.62. The van der Waals surface area contributed by atoms with Crippen molar-refractivity contribution in [2.75, 3.05) is 5.75 Å². The van der Waals surface area contributed by atoms with Crippen LogP contribution in [-0.2, 0) is 0 Å². The molecule has 3 nitrogen and oxygen atoms in total. The molecule has 64 valence electrons. The maximum Gasteiger partial charge on any atom is 0.182 e. The second kappa shape index (κ2) is 3.50. The minimum atomic E-state index is 0.542. The Kier molecular flexibility index (Phi) is 2.19. The number of aromatic nitrogens is 3. The smallest absolute Gasteiger partial charge is 0.182 e. The van der Waals surface area contributed by atoms with Crippen LogP contribution in [0.2, 0.25) is 0 Å². The summed E-state index contributed by atoms with van der Waals surface area (Å²) in [7, 11) is 0. The Balaban J connectivity index is 2.58. The molecule has 2 rings (SSSR count). The zero-order chi connectivity index (χ0) is 9.10. The molecule has 4 heteroatoms. The topological polar surface area (TPSA) is 41.6 Å². The number of H-pyrrole nitrogens is 1. The zero-order valence-electron chi connectivity index (χ0n) is 6.78. The number of nitrogens with one attached hydrogen (secondary N) is 1. The van der Waals surface area contributed by atoms with Crippen LogP contribution in [0.1, 0.15) is 5.69 Å². The van der Waals surface area contributed by atoms with Crippen molar-refractivity contribution < 1.29 is 0 Å². The van der Waals surface area contributed by atoms with Crippen LogP contribution in [0.4, 0.5) is 0 Å². The first kappa shape index (κ1) is 8.14. The van der Waals surface area contributed by atoms with Gasteiger partial charge in [-0.25, -0.2) is 4.98 Å². The average molecular weight is 189 g/mol. The van der Waals surface area contributed by atoms with Crippen LogP contribution >= 0.6 is 12.6 Å². The SMILES string of the molecule is SCC#Cc1[nH]nc2ncccc12. The van der Waals surface area contributed by atoms with Gasteiger partial charge in [-0.05, 0) is 18.1 Å². The predicted octanol–water partition coefficient (Wildman–Crippen LogP) is 1.24. The van der Waals surface area contributed by atoms with Crippen LogP contribution in [0.15, 0.2) is 18.3 Å². The van der Waals surface area contributed by atoms with Gasteiger partial charge in [0.25, 0.3) is 0 Å². The number of aromatic amines is 1. The average Bonchev–Trinajstić information content (AvgIpc) is 2.58. The highest BCUT2D eigenvalue weighted by Crippen LogP contribution is 2.10. The maximum atomic E-state index is 4.08. The molecule has 0 unspecified atom stereocenters. The lowest BCUT2D eigenvalue weighted by Crippen LogP contribution is -1.75. The highest BCUT2D eigenvalue weighted by Gasteiger charge is 2.00. The van der Waals surface area contributed by atoms with Crippen LogP contribution in [-0.4, -0.2) is 20.9 Å². The van der Waals surface area contributed by atoms with Crippen LogP contribution in [0.25, 0.3) is 11.0 Å². The summed E-state index contributed by atoms with van der Waals surface area (Å²) in [6, 6.07) is 3.80. The van der Waals surface area contributed by atoms with Crippen LogP contribution in [0.5, 0.6) is 0 Å². The molecule has 0 aliphatic heterocycles. The molecule has 0 fully saturated rings. The van der Waals surface area contributed by atoms with Crippen molar-refractivity contribution in [2.24, 2.45) is 0 Å². The van der Waals surface area contributed by atoms with E-state index in [1.165, 1.54) is 0 Å². The summed E-state index contributed by atoms with van der Waals surface area (Å²) in [5, 5.41) is 7.79. The molecule has 2 aromatic rings. The highest BCUT2D eigenvalue weighted by molar-refractivity contribution is 7.80. The monoisotopic (exact) mass is 189 g/mol. The van der Waals surface area contributed by atoms with Crippen molar-refractivity contribution >= 4 is 23.7 Å². The largest absolute Gasteiger partial charge is 0.267 e. The third kappa shape index (κ3) is 1.51. The molecule has 0 spiro atoms. The zero-order valence-corrected chi connectivity index (χ0v) is 7.68. The molecule has 0 amide bonds. The van der Waals surface area contributed by atoms with E-state index in [1.807, 2.05) is 12.1 Å². The molecule has 0 aliphatic carbocycles. The van der Waals surface area contributed by atoms with E-state index in [0.717, 1.165) is 11.1 Å². The van der Waals surface area contributed by atoms with E-state index >= 15 is 0 Å². The Morgan fingerprint density at radius 2 is 2.46 bits per heavy atom. The van der Waals surface area contributed by atoms with Crippen molar-refractivity contribution in [3.63, 3.8) is 0 Å². The van der Waals surface area contributed by atoms with Crippen molar-refractivity contribution in [1.82, 2.24) is 15.2 Å². The standard InChI is InChI=1S/C9H7N3S/c13-6-2-4-8-7-3-1-5-10-9(7)12-11-8/h1,3,5,13H,6H2,(H,10,11,12). The van der Waals surface area contributed by atoms with Crippen LogP contribution < -0.4 is 0 Å². The fourth-order valence-corrected chi connectivity index (χ4v) is 1.15. The fraction of sp³-hybridized carbons (Fsp3) is 0.111. The molecule has 0 aromatic carbocycles. The van der Waals surface area contributed by atoms with Gasteiger partial charge in [0.2, 0.25) is 0 Å². The van der Waals surface area contributed by atoms with Crippen molar-refractivity contribution in [2.45, 2.75) is 0 Å². The molecule has 0 atom stereocenters. The van der Waals surface area contributed by atoms with Crippen molar-refractivity contribution in [1.29, 1.82) is 0 Å². The van der Waals surface area contributed by atoms with Gasteiger partial charge >= 0.3 is 0 Å². The van der Waals surface area contributed by atoms with Gasteiger partial charge in [-0.15, -0.1) is 0 Å². The molecule has 13 heavy (non-hydrogen) atoms. The second-order valence-electron chi connectivity index (χ2n) is 2.43. The summed E-state index contributed by atoms with van der Waals surface area (Å²) < 4.78 is 0. The van der Waals surface area contributed by atoms with Gasteiger partial charge in [0.15, 0.2) is 5.65 Å². The summed E-state index contributed by atoms with van der Waals surface area (Å²) in [4.78, 5) is 4.08. The molecule has 2 aromatic heterocycles. The van der Waals surface area contributed by atoms with Crippen molar-refractivity contribution in [3.05, 3.63) is 24.0 Å². The molecular weight excluding hydrogens is 182 g/mol. The van der Waals surface area contributed by atoms with E-state index in [9.17, 15) is 0 Å². The number of hydrogen-bond acceptors (Lipinski definition) is 3. The summed E-state index contributed by atoms with van der Waals surface area (Å²) in [5.41, 5.74) is 1.50. The number of rotatable bonds is 0. The summed E-state index contributed by atoms with van der Waals surface area (Å²) in [6.45, 7) is 0. The Bertz CT molecular complexity index is 478. The molecule has 2 heterocycles.